The molecule has 0 aromatic carbocycles. The minimum Gasteiger partial charge on any atom is -0.406 e. The van der Waals surface area contributed by atoms with E-state index in [1.165, 1.54) is 12.1 Å². The molecule has 0 aliphatic heterocycles. The van der Waals surface area contributed by atoms with Crippen LogP contribution in [0.25, 0.3) is 0 Å². The third kappa shape index (κ3) is 2.53. The third-order valence-electron chi connectivity index (χ3n) is 1.54. The summed E-state index contributed by atoms with van der Waals surface area (Å²) in [6, 6.07) is 2.70. The molecule has 1 atom stereocenters. The van der Waals surface area contributed by atoms with E-state index in [1.54, 1.807) is 0 Å². The highest BCUT2D eigenvalue weighted by Crippen LogP contribution is 2.16. The molecule has 0 spiro atoms. The molecule has 0 bridgehead atoms. The Morgan fingerprint density at radius 2 is 2.38 bits per heavy atom. The second kappa shape index (κ2) is 4.01. The summed E-state index contributed by atoms with van der Waals surface area (Å²) in [5, 5.41) is 19.3. The molecule has 1 aromatic rings. The molecule has 1 aromatic heterocycles. The summed E-state index contributed by atoms with van der Waals surface area (Å²) >= 11 is 0. The second-order valence-electron chi connectivity index (χ2n) is 2.59. The van der Waals surface area contributed by atoms with Crippen molar-refractivity contribution in [1.29, 1.82) is 0 Å². The number of rotatable bonds is 4. The van der Waals surface area contributed by atoms with Crippen LogP contribution in [-0.4, -0.2) is 22.7 Å². The van der Waals surface area contributed by atoms with E-state index in [1.807, 2.05) is 0 Å². The number of nitro groups is 1. The van der Waals surface area contributed by atoms with Crippen molar-refractivity contribution in [1.82, 2.24) is 0 Å². The molecular formula is C7H10N2O4. The Bertz CT molecular complexity index is 296. The summed E-state index contributed by atoms with van der Waals surface area (Å²) in [6.07, 6.45) is -0.518. The van der Waals surface area contributed by atoms with Gasteiger partial charge in [0.1, 0.15) is 10.7 Å². The number of nitrogens with two attached hydrogens (primary N) is 1. The predicted octanol–water partition coefficient (Wildman–Crippen LogP) is 0.0499. The minimum absolute atomic E-state index is 0.106. The van der Waals surface area contributed by atoms with Crippen molar-refractivity contribution in [3.8, 4) is 0 Å². The lowest BCUT2D eigenvalue weighted by Crippen LogP contribution is -2.21. The molecule has 6 nitrogen and oxygen atoms in total. The van der Waals surface area contributed by atoms with E-state index < -0.39 is 11.0 Å². The van der Waals surface area contributed by atoms with Crippen LogP contribution in [0.2, 0.25) is 0 Å². The number of aliphatic hydroxyl groups is 1. The molecule has 1 unspecified atom stereocenters. The van der Waals surface area contributed by atoms with E-state index in [-0.39, 0.29) is 18.8 Å². The Labute approximate surface area is 74.1 Å². The van der Waals surface area contributed by atoms with Crippen LogP contribution in [-0.2, 0) is 6.42 Å². The molecule has 1 heterocycles. The van der Waals surface area contributed by atoms with Gasteiger partial charge in [-0.1, -0.05) is 0 Å². The van der Waals surface area contributed by atoms with Gasteiger partial charge >= 0.3 is 5.88 Å². The van der Waals surface area contributed by atoms with E-state index >= 15 is 0 Å². The fraction of sp³-hybridized carbons (Fsp3) is 0.429. The van der Waals surface area contributed by atoms with Crippen LogP contribution in [0.1, 0.15) is 5.76 Å². The van der Waals surface area contributed by atoms with Gasteiger partial charge in [-0.15, -0.1) is 0 Å². The van der Waals surface area contributed by atoms with Gasteiger partial charge in [0.15, 0.2) is 0 Å². The zero-order chi connectivity index (χ0) is 9.84. The first kappa shape index (κ1) is 9.69. The molecule has 0 fully saturated rings. The molecule has 0 aliphatic rings. The van der Waals surface area contributed by atoms with Crippen LogP contribution in [0.5, 0.6) is 0 Å². The van der Waals surface area contributed by atoms with Crippen molar-refractivity contribution < 1.29 is 14.4 Å². The first-order valence-electron chi connectivity index (χ1n) is 3.74. The Balaban J connectivity index is 2.64. The van der Waals surface area contributed by atoms with Gasteiger partial charge in [0, 0.05) is 13.0 Å². The van der Waals surface area contributed by atoms with Crippen molar-refractivity contribution >= 4 is 5.88 Å². The van der Waals surface area contributed by atoms with Crippen molar-refractivity contribution in [2.24, 2.45) is 5.73 Å². The first-order valence-corrected chi connectivity index (χ1v) is 3.74. The van der Waals surface area contributed by atoms with E-state index in [2.05, 4.69) is 0 Å². The fourth-order valence-corrected chi connectivity index (χ4v) is 0.890. The fourth-order valence-electron chi connectivity index (χ4n) is 0.890. The summed E-state index contributed by atoms with van der Waals surface area (Å²) < 4.78 is 4.80. The van der Waals surface area contributed by atoms with Crippen molar-refractivity contribution in [3.63, 3.8) is 0 Å². The molecule has 0 aliphatic carbocycles. The maximum absolute atomic E-state index is 10.2. The van der Waals surface area contributed by atoms with Gasteiger partial charge in [-0.3, -0.25) is 10.1 Å². The molecule has 1 rings (SSSR count). The highest BCUT2D eigenvalue weighted by molar-refractivity contribution is 5.18. The highest BCUT2D eigenvalue weighted by atomic mass is 16.6. The maximum Gasteiger partial charge on any atom is 0.433 e. The molecule has 13 heavy (non-hydrogen) atoms. The Kier molecular flexibility index (Phi) is 2.99. The van der Waals surface area contributed by atoms with E-state index in [4.69, 9.17) is 15.3 Å². The zero-order valence-electron chi connectivity index (χ0n) is 6.84. The highest BCUT2D eigenvalue weighted by Gasteiger charge is 2.13. The van der Waals surface area contributed by atoms with Crippen molar-refractivity contribution in [2.45, 2.75) is 12.5 Å². The number of hydrogen-bond acceptors (Lipinski definition) is 5. The zero-order valence-corrected chi connectivity index (χ0v) is 6.84. The quantitative estimate of drug-likeness (QED) is 0.510. The SMILES string of the molecule is NCC(O)Cc1ccc([N+](=O)[O-])o1. The monoisotopic (exact) mass is 186 g/mol. The lowest BCUT2D eigenvalue weighted by molar-refractivity contribution is -0.402. The second-order valence-corrected chi connectivity index (χ2v) is 2.59. The smallest absolute Gasteiger partial charge is 0.406 e. The van der Waals surface area contributed by atoms with Crippen LogP contribution in [0.3, 0.4) is 0 Å². The Morgan fingerprint density at radius 1 is 1.69 bits per heavy atom. The van der Waals surface area contributed by atoms with Gasteiger partial charge in [0.25, 0.3) is 0 Å². The number of aliphatic hydroxyl groups excluding tert-OH is 1. The summed E-state index contributed by atoms with van der Waals surface area (Å²) in [5.41, 5.74) is 5.16. The number of furan rings is 1. The van der Waals surface area contributed by atoms with Crippen LogP contribution in [0, 0.1) is 10.1 Å². The Morgan fingerprint density at radius 3 is 2.85 bits per heavy atom. The Hall–Kier alpha value is -1.40. The van der Waals surface area contributed by atoms with Gasteiger partial charge in [-0.25, -0.2) is 0 Å². The molecule has 0 saturated heterocycles. The average molecular weight is 186 g/mol. The maximum atomic E-state index is 10.2. The van der Waals surface area contributed by atoms with Crippen molar-refractivity contribution in [2.75, 3.05) is 6.54 Å². The standard InChI is InChI=1S/C7H10N2O4/c8-4-5(10)3-6-1-2-7(13-6)9(11)12/h1-2,5,10H,3-4,8H2. The normalized spacial score (nSPS) is 12.8. The first-order chi connectivity index (χ1) is 6.13. The molecular weight excluding hydrogens is 176 g/mol. The molecule has 72 valence electrons. The molecule has 0 saturated carbocycles. The largest absolute Gasteiger partial charge is 0.433 e. The average Bonchev–Trinajstić information content (AvgIpc) is 2.52. The van der Waals surface area contributed by atoms with Gasteiger partial charge in [0.2, 0.25) is 0 Å². The van der Waals surface area contributed by atoms with Gasteiger partial charge in [-0.2, -0.15) is 0 Å². The third-order valence-corrected chi connectivity index (χ3v) is 1.54. The van der Waals surface area contributed by atoms with Crippen LogP contribution in [0.4, 0.5) is 5.88 Å². The van der Waals surface area contributed by atoms with E-state index in [0.717, 1.165) is 0 Å². The van der Waals surface area contributed by atoms with Gasteiger partial charge in [0.05, 0.1) is 12.2 Å². The van der Waals surface area contributed by atoms with Crippen LogP contribution < -0.4 is 5.73 Å². The van der Waals surface area contributed by atoms with Crippen LogP contribution in [0.15, 0.2) is 16.5 Å². The number of hydrogen-bond donors (Lipinski definition) is 2. The van der Waals surface area contributed by atoms with Gasteiger partial charge < -0.3 is 15.3 Å². The van der Waals surface area contributed by atoms with Crippen LogP contribution >= 0.6 is 0 Å². The van der Waals surface area contributed by atoms with E-state index in [9.17, 15) is 10.1 Å². The lowest BCUT2D eigenvalue weighted by atomic mass is 10.2. The molecule has 0 radical (unpaired) electrons. The molecule has 3 N–H and O–H groups in total. The summed E-state index contributed by atoms with van der Waals surface area (Å²) in [7, 11) is 0. The predicted molar refractivity (Wildman–Crippen MR) is 44.1 cm³/mol. The molecule has 6 heteroatoms. The van der Waals surface area contributed by atoms with Crippen molar-refractivity contribution in [3.05, 3.63) is 28.0 Å². The summed E-state index contributed by atoms with van der Waals surface area (Å²) in [5.74, 6) is 0.0453. The molecule has 0 amide bonds. The minimum atomic E-state index is -0.717. The topological polar surface area (TPSA) is 103 Å². The van der Waals surface area contributed by atoms with Gasteiger partial charge in [-0.05, 0) is 6.07 Å². The number of nitrogens with zero attached hydrogens (tertiary/aromatic N) is 1. The van der Waals surface area contributed by atoms with E-state index in [0.29, 0.717) is 5.76 Å². The summed E-state index contributed by atoms with van der Waals surface area (Å²) in [6.45, 7) is 0.106. The summed E-state index contributed by atoms with van der Waals surface area (Å²) in [4.78, 5) is 9.57. The lowest BCUT2D eigenvalue weighted by Gasteiger charge is -2.02.